The second-order valence-corrected chi connectivity index (χ2v) is 5.08. The molecule has 0 aliphatic heterocycles. The van der Waals surface area contributed by atoms with E-state index in [4.69, 9.17) is 14.5 Å². The largest absolute Gasteiger partial charge is 0.489 e. The van der Waals surface area contributed by atoms with Gasteiger partial charge in [0.1, 0.15) is 19.0 Å². The fourth-order valence-electron chi connectivity index (χ4n) is 2.10. The van der Waals surface area contributed by atoms with Gasteiger partial charge in [0.05, 0.1) is 0 Å². The Labute approximate surface area is 136 Å². The van der Waals surface area contributed by atoms with E-state index in [1.807, 2.05) is 84.9 Å². The SMILES string of the molecule is c1ccc(COOc2cccc(OCc3ccccc3)c2)cc1. The lowest BCUT2D eigenvalue weighted by Gasteiger charge is -2.09. The molecule has 3 aromatic carbocycles. The summed E-state index contributed by atoms with van der Waals surface area (Å²) in [5.41, 5.74) is 2.18. The average Bonchev–Trinajstić information content (AvgIpc) is 2.62. The average molecular weight is 306 g/mol. The van der Waals surface area contributed by atoms with Crippen molar-refractivity contribution >= 4 is 0 Å². The van der Waals surface area contributed by atoms with Crippen LogP contribution in [0, 0.1) is 0 Å². The van der Waals surface area contributed by atoms with Gasteiger partial charge >= 0.3 is 0 Å². The fourth-order valence-corrected chi connectivity index (χ4v) is 2.10. The van der Waals surface area contributed by atoms with Crippen molar-refractivity contribution in [2.45, 2.75) is 13.2 Å². The van der Waals surface area contributed by atoms with Gasteiger partial charge in [-0.25, -0.2) is 0 Å². The first-order chi connectivity index (χ1) is 11.4. The molecule has 0 N–H and O–H groups in total. The molecule has 0 atom stereocenters. The van der Waals surface area contributed by atoms with E-state index in [1.54, 1.807) is 0 Å². The Kier molecular flexibility index (Phi) is 5.27. The van der Waals surface area contributed by atoms with Crippen LogP contribution in [-0.4, -0.2) is 0 Å². The molecule has 0 fully saturated rings. The highest BCUT2D eigenvalue weighted by atomic mass is 17.2. The van der Waals surface area contributed by atoms with E-state index in [2.05, 4.69) is 0 Å². The number of hydrogen-bond donors (Lipinski definition) is 0. The van der Waals surface area contributed by atoms with Crippen LogP contribution in [0.3, 0.4) is 0 Å². The van der Waals surface area contributed by atoms with Gasteiger partial charge in [-0.15, -0.1) is 0 Å². The van der Waals surface area contributed by atoms with E-state index in [1.165, 1.54) is 0 Å². The Bertz CT molecular complexity index is 711. The van der Waals surface area contributed by atoms with E-state index < -0.39 is 0 Å². The standard InChI is InChI=1S/C20H18O3/c1-3-8-17(9-4-1)15-21-19-12-7-13-20(14-19)23-22-16-18-10-5-2-6-11-18/h1-14H,15-16H2. The highest BCUT2D eigenvalue weighted by Crippen LogP contribution is 2.21. The molecule has 0 unspecified atom stereocenters. The highest BCUT2D eigenvalue weighted by Gasteiger charge is 2.00. The Morgan fingerprint density at radius 1 is 0.565 bits per heavy atom. The van der Waals surface area contributed by atoms with Crippen molar-refractivity contribution < 1.29 is 14.5 Å². The highest BCUT2D eigenvalue weighted by molar-refractivity contribution is 5.32. The Morgan fingerprint density at radius 3 is 1.87 bits per heavy atom. The molecule has 3 rings (SSSR count). The molecular weight excluding hydrogens is 288 g/mol. The Morgan fingerprint density at radius 2 is 1.17 bits per heavy atom. The van der Waals surface area contributed by atoms with Gasteiger partial charge in [-0.1, -0.05) is 66.7 Å². The van der Waals surface area contributed by atoms with E-state index >= 15 is 0 Å². The zero-order chi connectivity index (χ0) is 15.7. The fraction of sp³-hybridized carbons (Fsp3) is 0.100. The minimum atomic E-state index is 0.399. The van der Waals surface area contributed by atoms with Crippen LogP contribution >= 0.6 is 0 Å². The van der Waals surface area contributed by atoms with Crippen LogP contribution in [0.5, 0.6) is 11.5 Å². The van der Waals surface area contributed by atoms with E-state index in [-0.39, 0.29) is 0 Å². The van der Waals surface area contributed by atoms with Gasteiger partial charge in [0.25, 0.3) is 0 Å². The molecule has 3 aromatic rings. The summed E-state index contributed by atoms with van der Waals surface area (Å²) in [6.07, 6.45) is 0. The lowest BCUT2D eigenvalue weighted by Crippen LogP contribution is -1.99. The maximum absolute atomic E-state index is 5.76. The Hall–Kier alpha value is -2.78. The summed E-state index contributed by atoms with van der Waals surface area (Å²) in [6, 6.07) is 27.3. The topological polar surface area (TPSA) is 27.7 Å². The van der Waals surface area contributed by atoms with E-state index in [0.29, 0.717) is 19.0 Å². The molecule has 23 heavy (non-hydrogen) atoms. The number of rotatable bonds is 7. The zero-order valence-corrected chi connectivity index (χ0v) is 12.7. The van der Waals surface area contributed by atoms with Gasteiger partial charge in [0.15, 0.2) is 5.75 Å². The van der Waals surface area contributed by atoms with Gasteiger partial charge in [-0.3, -0.25) is 0 Å². The maximum Gasteiger partial charge on any atom is 0.169 e. The van der Waals surface area contributed by atoms with Crippen molar-refractivity contribution in [1.82, 2.24) is 0 Å². The minimum absolute atomic E-state index is 0.399. The smallest absolute Gasteiger partial charge is 0.169 e. The molecule has 0 saturated carbocycles. The molecule has 0 radical (unpaired) electrons. The Balaban J connectivity index is 1.51. The van der Waals surface area contributed by atoms with Gasteiger partial charge in [0.2, 0.25) is 0 Å². The molecule has 116 valence electrons. The minimum Gasteiger partial charge on any atom is -0.489 e. The third kappa shape index (κ3) is 4.87. The monoisotopic (exact) mass is 306 g/mol. The summed E-state index contributed by atoms with van der Waals surface area (Å²) in [7, 11) is 0. The van der Waals surface area contributed by atoms with Crippen LogP contribution in [0.15, 0.2) is 84.9 Å². The molecule has 0 aromatic heterocycles. The van der Waals surface area contributed by atoms with Crippen LogP contribution in [0.4, 0.5) is 0 Å². The van der Waals surface area contributed by atoms with Gasteiger partial charge in [-0.05, 0) is 23.3 Å². The normalized spacial score (nSPS) is 10.3. The first-order valence-electron chi connectivity index (χ1n) is 7.50. The maximum atomic E-state index is 5.76. The molecule has 0 amide bonds. The predicted octanol–water partition coefficient (Wildman–Crippen LogP) is 4.78. The molecular formula is C20H18O3. The zero-order valence-electron chi connectivity index (χ0n) is 12.7. The van der Waals surface area contributed by atoms with Crippen molar-refractivity contribution in [1.29, 1.82) is 0 Å². The van der Waals surface area contributed by atoms with Gasteiger partial charge < -0.3 is 9.62 Å². The second kappa shape index (κ2) is 8.01. The van der Waals surface area contributed by atoms with Crippen LogP contribution in [0.2, 0.25) is 0 Å². The van der Waals surface area contributed by atoms with Gasteiger partial charge in [-0.2, -0.15) is 4.89 Å². The molecule has 0 aliphatic rings. The van der Waals surface area contributed by atoms with Crippen molar-refractivity contribution in [3.63, 3.8) is 0 Å². The van der Waals surface area contributed by atoms with Crippen molar-refractivity contribution in [3.8, 4) is 11.5 Å². The first-order valence-corrected chi connectivity index (χ1v) is 7.50. The molecule has 0 saturated heterocycles. The van der Waals surface area contributed by atoms with Crippen LogP contribution in [0.25, 0.3) is 0 Å². The number of benzene rings is 3. The van der Waals surface area contributed by atoms with Crippen molar-refractivity contribution in [2.24, 2.45) is 0 Å². The third-order valence-electron chi connectivity index (χ3n) is 3.28. The van der Waals surface area contributed by atoms with E-state index in [9.17, 15) is 0 Å². The summed E-state index contributed by atoms with van der Waals surface area (Å²) in [5.74, 6) is 1.36. The summed E-state index contributed by atoms with van der Waals surface area (Å²) in [6.45, 7) is 0.922. The predicted molar refractivity (Wildman–Crippen MR) is 89.1 cm³/mol. The quantitative estimate of drug-likeness (QED) is 0.464. The molecule has 0 aliphatic carbocycles. The molecule has 3 nitrogen and oxygen atoms in total. The summed E-state index contributed by atoms with van der Waals surface area (Å²) >= 11 is 0. The lowest BCUT2D eigenvalue weighted by atomic mass is 10.2. The second-order valence-electron chi connectivity index (χ2n) is 5.08. The molecule has 0 spiro atoms. The first kappa shape index (κ1) is 15.1. The van der Waals surface area contributed by atoms with Crippen molar-refractivity contribution in [3.05, 3.63) is 96.1 Å². The number of hydrogen-bond acceptors (Lipinski definition) is 3. The summed E-state index contributed by atoms with van der Waals surface area (Å²) in [4.78, 5) is 10.6. The van der Waals surface area contributed by atoms with Gasteiger partial charge in [0, 0.05) is 6.07 Å². The summed E-state index contributed by atoms with van der Waals surface area (Å²) in [5, 5.41) is 0. The molecule has 3 heteroatoms. The lowest BCUT2D eigenvalue weighted by molar-refractivity contribution is -0.217. The number of ether oxygens (including phenoxy) is 1. The van der Waals surface area contributed by atoms with E-state index in [0.717, 1.165) is 16.9 Å². The molecule has 0 heterocycles. The van der Waals surface area contributed by atoms with Crippen LogP contribution in [0.1, 0.15) is 11.1 Å². The van der Waals surface area contributed by atoms with Crippen molar-refractivity contribution in [2.75, 3.05) is 0 Å². The summed E-state index contributed by atoms with van der Waals surface area (Å²) < 4.78 is 5.76. The van der Waals surface area contributed by atoms with Crippen LogP contribution < -0.4 is 9.62 Å². The molecule has 0 bridgehead atoms. The third-order valence-corrected chi connectivity index (χ3v) is 3.28. The van der Waals surface area contributed by atoms with Crippen LogP contribution in [-0.2, 0) is 18.1 Å².